The van der Waals surface area contributed by atoms with Crippen molar-refractivity contribution in [3.8, 4) is 0 Å². The summed E-state index contributed by atoms with van der Waals surface area (Å²) in [6.45, 7) is 1.07. The van der Waals surface area contributed by atoms with Gasteiger partial charge in [0, 0.05) is 0 Å². The van der Waals surface area contributed by atoms with Gasteiger partial charge in [0.1, 0.15) is 11.6 Å². The Bertz CT molecular complexity index is 564. The van der Waals surface area contributed by atoms with E-state index in [2.05, 4.69) is 0 Å². The molecule has 1 fully saturated rings. The zero-order valence-corrected chi connectivity index (χ0v) is 9.34. The molecule has 92 valence electrons. The number of halogens is 1. The van der Waals surface area contributed by atoms with E-state index in [4.69, 9.17) is 0 Å². The highest BCUT2D eigenvalue weighted by Crippen LogP contribution is 2.24. The van der Waals surface area contributed by atoms with Crippen LogP contribution in [0.25, 0.3) is 0 Å². The van der Waals surface area contributed by atoms with Crippen LogP contribution in [0.2, 0.25) is 0 Å². The molecule has 1 heterocycles. The first kappa shape index (κ1) is 12.1. The monoisotopic (exact) mass is 249 g/mol. The van der Waals surface area contributed by atoms with Crippen LogP contribution in [0.3, 0.4) is 0 Å². The minimum absolute atomic E-state index is 0.0727. The number of carbonyl (C=O) groups excluding carboxylic acids is 4. The minimum atomic E-state index is -1.57. The van der Waals surface area contributed by atoms with Gasteiger partial charge in [0.2, 0.25) is 5.78 Å². The molecule has 1 aromatic rings. The van der Waals surface area contributed by atoms with Gasteiger partial charge in [-0.3, -0.25) is 19.2 Å². The number of anilines is 1. The number of amides is 2. The summed E-state index contributed by atoms with van der Waals surface area (Å²) in [6.07, 6.45) is 0. The summed E-state index contributed by atoms with van der Waals surface area (Å²) in [5.41, 5.74) is 0.0727. The van der Waals surface area contributed by atoms with Gasteiger partial charge in [0.05, 0.1) is 5.69 Å². The van der Waals surface area contributed by atoms with E-state index in [9.17, 15) is 23.6 Å². The predicted octanol–water partition coefficient (Wildman–Crippen LogP) is 0.473. The lowest BCUT2D eigenvalue weighted by molar-refractivity contribution is -0.139. The summed E-state index contributed by atoms with van der Waals surface area (Å²) in [4.78, 5) is 46.7. The smallest absolute Gasteiger partial charge is 0.299 e. The summed E-state index contributed by atoms with van der Waals surface area (Å²) >= 11 is 0. The first-order chi connectivity index (χ1) is 8.43. The largest absolute Gasteiger partial charge is 0.302 e. The van der Waals surface area contributed by atoms with Crippen molar-refractivity contribution < 1.29 is 23.6 Å². The molecular weight excluding hydrogens is 241 g/mol. The van der Waals surface area contributed by atoms with E-state index in [1.54, 1.807) is 0 Å². The van der Waals surface area contributed by atoms with E-state index in [1.807, 2.05) is 0 Å². The Morgan fingerprint density at radius 2 is 1.72 bits per heavy atom. The third-order valence-corrected chi connectivity index (χ3v) is 2.63. The second-order valence-electron chi connectivity index (χ2n) is 3.86. The molecular formula is C12H8FNO4. The van der Waals surface area contributed by atoms with Gasteiger partial charge in [-0.2, -0.15) is 0 Å². The SMILES string of the molecule is CC(=O)[C@@H]1C(=O)C(=O)N(c2ccc(F)cc2)C1=O. The highest BCUT2D eigenvalue weighted by molar-refractivity contribution is 6.59. The Morgan fingerprint density at radius 1 is 1.17 bits per heavy atom. The second kappa shape index (κ2) is 4.14. The number of rotatable bonds is 2. The van der Waals surface area contributed by atoms with Gasteiger partial charge in [0.15, 0.2) is 5.92 Å². The maximum absolute atomic E-state index is 12.7. The highest BCUT2D eigenvalue weighted by Gasteiger charge is 2.49. The Kier molecular flexibility index (Phi) is 2.78. The van der Waals surface area contributed by atoms with Crippen LogP contribution in [-0.2, 0) is 19.2 Å². The maximum Gasteiger partial charge on any atom is 0.302 e. The fourth-order valence-corrected chi connectivity index (χ4v) is 1.77. The molecule has 1 saturated heterocycles. The molecule has 0 unspecified atom stereocenters. The minimum Gasteiger partial charge on any atom is -0.299 e. The van der Waals surface area contributed by atoms with Gasteiger partial charge < -0.3 is 0 Å². The molecule has 6 heteroatoms. The lowest BCUT2D eigenvalue weighted by Gasteiger charge is -2.12. The average Bonchev–Trinajstić information content (AvgIpc) is 2.52. The quantitative estimate of drug-likeness (QED) is 0.434. The van der Waals surface area contributed by atoms with Crippen LogP contribution in [-0.4, -0.2) is 23.4 Å². The van der Waals surface area contributed by atoms with Crippen LogP contribution in [0, 0.1) is 11.7 Å². The van der Waals surface area contributed by atoms with Crippen molar-refractivity contribution in [2.24, 2.45) is 5.92 Å². The molecule has 1 aliphatic heterocycles. The van der Waals surface area contributed by atoms with Crippen molar-refractivity contribution in [2.45, 2.75) is 6.92 Å². The summed E-state index contributed by atoms with van der Waals surface area (Å²) in [6, 6.07) is 4.50. The summed E-state index contributed by atoms with van der Waals surface area (Å²) in [7, 11) is 0. The molecule has 0 saturated carbocycles. The molecule has 0 bridgehead atoms. The standard InChI is InChI=1S/C12H8FNO4/c1-6(15)9-10(16)12(18)14(11(9)17)8-4-2-7(13)3-5-8/h2-5,9H,1H3/t9-/m1/s1. The molecule has 0 aliphatic carbocycles. The van der Waals surface area contributed by atoms with Gasteiger partial charge in [-0.15, -0.1) is 0 Å². The lowest BCUT2D eigenvalue weighted by atomic mass is 10.0. The van der Waals surface area contributed by atoms with Crippen LogP contribution in [0.4, 0.5) is 10.1 Å². The van der Waals surface area contributed by atoms with Crippen LogP contribution in [0.1, 0.15) is 6.92 Å². The van der Waals surface area contributed by atoms with Crippen LogP contribution in [0.5, 0.6) is 0 Å². The molecule has 2 amide bonds. The van der Waals surface area contributed by atoms with E-state index in [0.29, 0.717) is 4.90 Å². The van der Waals surface area contributed by atoms with E-state index in [1.165, 1.54) is 12.1 Å². The van der Waals surface area contributed by atoms with Crippen LogP contribution < -0.4 is 4.90 Å². The predicted molar refractivity (Wildman–Crippen MR) is 58.1 cm³/mol. The average molecular weight is 249 g/mol. The zero-order valence-electron chi connectivity index (χ0n) is 9.34. The molecule has 2 rings (SSSR count). The lowest BCUT2D eigenvalue weighted by Crippen LogP contribution is -2.31. The third kappa shape index (κ3) is 1.71. The van der Waals surface area contributed by atoms with E-state index in [-0.39, 0.29) is 5.69 Å². The normalized spacial score (nSPS) is 19.6. The van der Waals surface area contributed by atoms with Gasteiger partial charge in [-0.1, -0.05) is 0 Å². The number of benzene rings is 1. The van der Waals surface area contributed by atoms with E-state index < -0.39 is 35.1 Å². The first-order valence-corrected chi connectivity index (χ1v) is 5.11. The highest BCUT2D eigenvalue weighted by atomic mass is 19.1. The number of carbonyl (C=O) groups is 4. The van der Waals surface area contributed by atoms with E-state index in [0.717, 1.165) is 19.1 Å². The summed E-state index contributed by atoms with van der Waals surface area (Å²) in [5, 5.41) is 0. The number of nitrogens with zero attached hydrogens (tertiary/aromatic N) is 1. The van der Waals surface area contributed by atoms with Gasteiger partial charge in [-0.25, -0.2) is 9.29 Å². The van der Waals surface area contributed by atoms with Crippen molar-refractivity contribution >= 4 is 29.1 Å². The number of Topliss-reactive ketones (excluding diaryl/α,β-unsaturated/α-hetero) is 2. The molecule has 1 aromatic carbocycles. The molecule has 0 radical (unpaired) electrons. The zero-order chi connectivity index (χ0) is 13.4. The number of hydrogen-bond acceptors (Lipinski definition) is 4. The Morgan fingerprint density at radius 3 is 2.17 bits per heavy atom. The van der Waals surface area contributed by atoms with Crippen LogP contribution >= 0.6 is 0 Å². The fourth-order valence-electron chi connectivity index (χ4n) is 1.77. The number of imide groups is 1. The first-order valence-electron chi connectivity index (χ1n) is 5.11. The topological polar surface area (TPSA) is 71.5 Å². The molecule has 18 heavy (non-hydrogen) atoms. The third-order valence-electron chi connectivity index (χ3n) is 2.63. The van der Waals surface area contributed by atoms with Crippen molar-refractivity contribution in [1.29, 1.82) is 0 Å². The second-order valence-corrected chi connectivity index (χ2v) is 3.86. The van der Waals surface area contributed by atoms with Crippen molar-refractivity contribution in [3.63, 3.8) is 0 Å². The van der Waals surface area contributed by atoms with E-state index >= 15 is 0 Å². The van der Waals surface area contributed by atoms with Crippen molar-refractivity contribution in [2.75, 3.05) is 4.90 Å². The number of ketones is 2. The van der Waals surface area contributed by atoms with Crippen LogP contribution in [0.15, 0.2) is 24.3 Å². The summed E-state index contributed by atoms with van der Waals surface area (Å²) < 4.78 is 12.7. The maximum atomic E-state index is 12.7. The molecule has 1 atom stereocenters. The molecule has 5 nitrogen and oxygen atoms in total. The Labute approximate surface area is 101 Å². The molecule has 0 aromatic heterocycles. The summed E-state index contributed by atoms with van der Waals surface area (Å²) in [5.74, 6) is -5.77. The molecule has 0 spiro atoms. The number of hydrogen-bond donors (Lipinski definition) is 0. The van der Waals surface area contributed by atoms with Gasteiger partial charge in [0.25, 0.3) is 5.91 Å². The Hall–Kier alpha value is -2.37. The molecule has 1 aliphatic rings. The van der Waals surface area contributed by atoms with Crippen molar-refractivity contribution in [1.82, 2.24) is 0 Å². The molecule has 0 N–H and O–H groups in total. The van der Waals surface area contributed by atoms with Gasteiger partial charge >= 0.3 is 5.91 Å². The van der Waals surface area contributed by atoms with Gasteiger partial charge in [-0.05, 0) is 31.2 Å². The van der Waals surface area contributed by atoms with Crippen molar-refractivity contribution in [3.05, 3.63) is 30.1 Å². The Balaban J connectivity index is 2.43. The fraction of sp³-hybridized carbons (Fsp3) is 0.167.